The second kappa shape index (κ2) is 6.62. The zero-order chi connectivity index (χ0) is 12.4. The monoisotopic (exact) mass is 291 g/mol. The first-order chi connectivity index (χ1) is 8.09. The molecule has 0 radical (unpaired) electrons. The molecule has 1 fully saturated rings. The van der Waals surface area contributed by atoms with Crippen molar-refractivity contribution in [2.24, 2.45) is 11.7 Å². The van der Waals surface area contributed by atoms with Crippen molar-refractivity contribution in [3.05, 3.63) is 28.8 Å². The molecule has 4 N–H and O–H groups in total. The predicted octanol–water partition coefficient (Wildman–Crippen LogP) is 3.02. The highest BCUT2D eigenvalue weighted by Gasteiger charge is 2.29. The van der Waals surface area contributed by atoms with Crippen LogP contribution in [0.15, 0.2) is 18.2 Å². The molecule has 0 heterocycles. The summed E-state index contributed by atoms with van der Waals surface area (Å²) in [4.78, 5) is 0. The van der Waals surface area contributed by atoms with Gasteiger partial charge >= 0.3 is 0 Å². The van der Waals surface area contributed by atoms with E-state index in [-0.39, 0.29) is 24.1 Å². The standard InChI is InChI=1S/C13H18ClNO2.ClH/c14-9-5-6-11(16)10(7-9)12(15)13(17)8-3-1-2-4-8;/h5-8,12-13,16-17H,1-4,15H2;1H/t12-,13+;/m1./s1. The number of phenolic OH excluding ortho intramolecular Hbond substituents is 1. The minimum Gasteiger partial charge on any atom is -0.508 e. The van der Waals surface area contributed by atoms with Crippen molar-refractivity contribution >= 4 is 24.0 Å². The molecule has 0 spiro atoms. The summed E-state index contributed by atoms with van der Waals surface area (Å²) >= 11 is 5.88. The van der Waals surface area contributed by atoms with Gasteiger partial charge in [-0.2, -0.15) is 0 Å². The maximum Gasteiger partial charge on any atom is 0.120 e. The number of halogens is 2. The number of rotatable bonds is 3. The van der Waals surface area contributed by atoms with Crippen molar-refractivity contribution in [2.45, 2.75) is 37.8 Å². The van der Waals surface area contributed by atoms with E-state index < -0.39 is 12.1 Å². The summed E-state index contributed by atoms with van der Waals surface area (Å²) < 4.78 is 0. The molecule has 0 unspecified atom stereocenters. The second-order valence-electron chi connectivity index (χ2n) is 4.76. The van der Waals surface area contributed by atoms with Gasteiger partial charge in [-0.1, -0.05) is 24.4 Å². The Morgan fingerprint density at radius 3 is 2.50 bits per heavy atom. The van der Waals surface area contributed by atoms with E-state index in [1.165, 1.54) is 6.07 Å². The molecule has 3 nitrogen and oxygen atoms in total. The fourth-order valence-corrected chi connectivity index (χ4v) is 2.75. The first kappa shape index (κ1) is 15.6. The van der Waals surface area contributed by atoms with Gasteiger partial charge in [-0.15, -0.1) is 12.4 Å². The molecule has 0 bridgehead atoms. The molecule has 1 aromatic carbocycles. The molecule has 18 heavy (non-hydrogen) atoms. The molecule has 0 saturated heterocycles. The van der Waals surface area contributed by atoms with Gasteiger partial charge in [0, 0.05) is 10.6 Å². The Balaban J connectivity index is 0.00000162. The van der Waals surface area contributed by atoms with Crippen LogP contribution >= 0.6 is 24.0 Å². The topological polar surface area (TPSA) is 66.5 Å². The Morgan fingerprint density at radius 2 is 1.89 bits per heavy atom. The maximum absolute atomic E-state index is 10.2. The van der Waals surface area contributed by atoms with E-state index in [0.29, 0.717) is 10.6 Å². The molecule has 1 aromatic rings. The van der Waals surface area contributed by atoms with E-state index >= 15 is 0 Å². The van der Waals surface area contributed by atoms with Gasteiger partial charge in [0.05, 0.1) is 12.1 Å². The Bertz CT molecular complexity index is 395. The highest BCUT2D eigenvalue weighted by molar-refractivity contribution is 6.30. The van der Waals surface area contributed by atoms with Crippen LogP contribution in [0.5, 0.6) is 5.75 Å². The summed E-state index contributed by atoms with van der Waals surface area (Å²) in [6, 6.07) is 4.17. The molecular formula is C13H19Cl2NO2. The highest BCUT2D eigenvalue weighted by Crippen LogP contribution is 2.35. The van der Waals surface area contributed by atoms with Gasteiger partial charge in [-0.25, -0.2) is 0 Å². The average molecular weight is 292 g/mol. The molecular weight excluding hydrogens is 273 g/mol. The number of benzene rings is 1. The first-order valence-corrected chi connectivity index (χ1v) is 6.39. The fraction of sp³-hybridized carbons (Fsp3) is 0.538. The molecule has 0 aromatic heterocycles. The van der Waals surface area contributed by atoms with E-state index in [1.807, 2.05) is 0 Å². The van der Waals surface area contributed by atoms with Crippen molar-refractivity contribution in [1.29, 1.82) is 0 Å². The van der Waals surface area contributed by atoms with Crippen molar-refractivity contribution in [3.8, 4) is 5.75 Å². The third-order valence-electron chi connectivity index (χ3n) is 3.60. The smallest absolute Gasteiger partial charge is 0.120 e. The second-order valence-corrected chi connectivity index (χ2v) is 5.20. The number of phenols is 1. The van der Waals surface area contributed by atoms with E-state index in [2.05, 4.69) is 0 Å². The molecule has 102 valence electrons. The summed E-state index contributed by atoms with van der Waals surface area (Å²) in [6.45, 7) is 0. The molecule has 5 heteroatoms. The van der Waals surface area contributed by atoms with E-state index in [4.69, 9.17) is 17.3 Å². The van der Waals surface area contributed by atoms with Gasteiger partial charge in [0.15, 0.2) is 0 Å². The molecule has 1 aliphatic rings. The maximum atomic E-state index is 10.2. The fourth-order valence-electron chi connectivity index (χ4n) is 2.57. The molecule has 1 aliphatic carbocycles. The van der Waals surface area contributed by atoms with Crippen LogP contribution in [0.1, 0.15) is 37.3 Å². The number of aromatic hydroxyl groups is 1. The zero-order valence-electron chi connectivity index (χ0n) is 10.1. The van der Waals surface area contributed by atoms with Crippen LogP contribution in [0.3, 0.4) is 0 Å². The number of hydrogen-bond donors (Lipinski definition) is 3. The molecule has 1 saturated carbocycles. The normalized spacial score (nSPS) is 19.3. The lowest BCUT2D eigenvalue weighted by molar-refractivity contribution is 0.0836. The zero-order valence-corrected chi connectivity index (χ0v) is 11.6. The Labute approximate surface area is 118 Å². The lowest BCUT2D eigenvalue weighted by Gasteiger charge is -2.25. The van der Waals surface area contributed by atoms with Crippen LogP contribution in [0.4, 0.5) is 0 Å². The Kier molecular flexibility index (Phi) is 5.73. The van der Waals surface area contributed by atoms with Gasteiger partial charge in [0.2, 0.25) is 0 Å². The van der Waals surface area contributed by atoms with Gasteiger partial charge in [0.25, 0.3) is 0 Å². The molecule has 0 aliphatic heterocycles. The minimum atomic E-state index is -0.609. The van der Waals surface area contributed by atoms with Crippen LogP contribution in [0.2, 0.25) is 5.02 Å². The molecule has 2 rings (SSSR count). The lowest BCUT2D eigenvalue weighted by Crippen LogP contribution is -2.32. The van der Waals surface area contributed by atoms with Gasteiger partial charge in [0.1, 0.15) is 5.75 Å². The number of nitrogens with two attached hydrogens (primary N) is 1. The minimum absolute atomic E-state index is 0. The van der Waals surface area contributed by atoms with E-state index in [0.717, 1.165) is 25.7 Å². The van der Waals surface area contributed by atoms with Crippen molar-refractivity contribution in [3.63, 3.8) is 0 Å². The van der Waals surface area contributed by atoms with Gasteiger partial charge < -0.3 is 15.9 Å². The first-order valence-electron chi connectivity index (χ1n) is 6.01. The largest absolute Gasteiger partial charge is 0.508 e. The Morgan fingerprint density at radius 1 is 1.28 bits per heavy atom. The Hall–Kier alpha value is -0.480. The quantitative estimate of drug-likeness (QED) is 0.802. The predicted molar refractivity (Wildman–Crippen MR) is 75.3 cm³/mol. The number of aliphatic hydroxyl groups is 1. The summed E-state index contributed by atoms with van der Waals surface area (Å²) in [5.74, 6) is 0.335. The van der Waals surface area contributed by atoms with Gasteiger partial charge in [-0.3, -0.25) is 0 Å². The van der Waals surface area contributed by atoms with Crippen LogP contribution in [-0.2, 0) is 0 Å². The van der Waals surface area contributed by atoms with Crippen LogP contribution < -0.4 is 5.73 Å². The third-order valence-corrected chi connectivity index (χ3v) is 3.83. The summed E-state index contributed by atoms with van der Waals surface area (Å²) in [6.07, 6.45) is 3.71. The summed E-state index contributed by atoms with van der Waals surface area (Å²) in [5.41, 5.74) is 6.54. The van der Waals surface area contributed by atoms with Gasteiger partial charge in [-0.05, 0) is 37.0 Å². The molecule has 2 atom stereocenters. The highest BCUT2D eigenvalue weighted by atomic mass is 35.5. The SMILES string of the molecule is Cl.N[C@H](c1cc(Cl)ccc1O)[C@@H](O)C1CCCC1. The summed E-state index contributed by atoms with van der Waals surface area (Å²) in [5, 5.41) is 20.5. The van der Waals surface area contributed by atoms with Crippen molar-refractivity contribution in [2.75, 3.05) is 0 Å². The number of aliphatic hydroxyl groups excluding tert-OH is 1. The lowest BCUT2D eigenvalue weighted by atomic mass is 9.90. The van der Waals surface area contributed by atoms with Crippen LogP contribution in [0.25, 0.3) is 0 Å². The van der Waals surface area contributed by atoms with Crippen LogP contribution in [0, 0.1) is 5.92 Å². The van der Waals surface area contributed by atoms with E-state index in [9.17, 15) is 10.2 Å². The summed E-state index contributed by atoms with van der Waals surface area (Å²) in [7, 11) is 0. The average Bonchev–Trinajstić information content (AvgIpc) is 2.84. The number of hydrogen-bond acceptors (Lipinski definition) is 3. The molecule has 0 amide bonds. The van der Waals surface area contributed by atoms with Crippen LogP contribution in [-0.4, -0.2) is 16.3 Å². The third kappa shape index (κ3) is 3.29. The van der Waals surface area contributed by atoms with E-state index in [1.54, 1.807) is 12.1 Å². The van der Waals surface area contributed by atoms with Crippen molar-refractivity contribution < 1.29 is 10.2 Å². The van der Waals surface area contributed by atoms with Crippen molar-refractivity contribution in [1.82, 2.24) is 0 Å².